The van der Waals surface area contributed by atoms with Crippen LogP contribution in [0.2, 0.25) is 0 Å². The van der Waals surface area contributed by atoms with Gasteiger partial charge < -0.3 is 10.2 Å². The molecule has 0 aromatic carbocycles. The fourth-order valence-corrected chi connectivity index (χ4v) is 6.07. The van der Waals surface area contributed by atoms with Gasteiger partial charge in [-0.05, 0) is 42.8 Å². The van der Waals surface area contributed by atoms with Gasteiger partial charge in [0, 0.05) is 43.3 Å². The molecule has 3 aromatic heterocycles. The van der Waals surface area contributed by atoms with E-state index in [4.69, 9.17) is 0 Å². The minimum Gasteiger partial charge on any atom is -0.350 e. The molecule has 1 N–H and O–H groups in total. The van der Waals surface area contributed by atoms with Gasteiger partial charge in [-0.1, -0.05) is 13.8 Å². The lowest BCUT2D eigenvalue weighted by molar-refractivity contribution is -0.123. The van der Waals surface area contributed by atoms with E-state index in [1.54, 1.807) is 11.3 Å². The van der Waals surface area contributed by atoms with Gasteiger partial charge in [0.25, 0.3) is 5.56 Å². The number of fused-ring (bicyclic) bond motifs is 3. The van der Waals surface area contributed by atoms with Crippen LogP contribution >= 0.6 is 11.3 Å². The van der Waals surface area contributed by atoms with Crippen LogP contribution in [0.15, 0.2) is 22.3 Å². The first-order valence-electron chi connectivity index (χ1n) is 11.6. The number of carbonyl (C=O) groups excluding carboxylic acids is 1. The SMILES string of the molecule is CC(C)c1nn(CC(=O)NC2CCCN(CC3CC(F)(F)C3)C2)c(=O)c2cc3ccsc3n12. The fourth-order valence-electron chi connectivity index (χ4n) is 5.16. The minimum atomic E-state index is -2.50. The predicted molar refractivity (Wildman–Crippen MR) is 124 cm³/mol. The van der Waals surface area contributed by atoms with E-state index in [1.165, 1.54) is 4.68 Å². The van der Waals surface area contributed by atoms with Gasteiger partial charge in [-0.15, -0.1) is 11.3 Å². The molecule has 178 valence electrons. The zero-order chi connectivity index (χ0) is 23.3. The number of piperidine rings is 1. The Morgan fingerprint density at radius 3 is 2.88 bits per heavy atom. The molecule has 0 bridgehead atoms. The summed E-state index contributed by atoms with van der Waals surface area (Å²) in [6.07, 6.45) is 1.69. The number of nitrogens with one attached hydrogen (secondary N) is 1. The molecule has 1 amide bonds. The molecule has 1 atom stereocenters. The summed E-state index contributed by atoms with van der Waals surface area (Å²) in [6, 6.07) is 3.79. The molecule has 4 heterocycles. The van der Waals surface area contributed by atoms with Crippen LogP contribution in [0.25, 0.3) is 15.7 Å². The molecule has 1 aliphatic carbocycles. The van der Waals surface area contributed by atoms with E-state index in [1.807, 2.05) is 35.8 Å². The van der Waals surface area contributed by atoms with Crippen LogP contribution < -0.4 is 10.9 Å². The van der Waals surface area contributed by atoms with Gasteiger partial charge in [0.05, 0.1) is 0 Å². The molecule has 0 spiro atoms. The lowest BCUT2D eigenvalue weighted by Crippen LogP contribution is -2.51. The second-order valence-electron chi connectivity index (χ2n) is 9.82. The Hall–Kier alpha value is -2.33. The highest BCUT2D eigenvalue weighted by molar-refractivity contribution is 7.16. The summed E-state index contributed by atoms with van der Waals surface area (Å²) >= 11 is 1.57. The summed E-state index contributed by atoms with van der Waals surface area (Å²) in [5, 5.41) is 10.6. The van der Waals surface area contributed by atoms with Crippen LogP contribution in [-0.2, 0) is 11.3 Å². The monoisotopic (exact) mass is 477 g/mol. The molecule has 33 heavy (non-hydrogen) atoms. The lowest BCUT2D eigenvalue weighted by atomic mass is 9.80. The number of hydrogen-bond acceptors (Lipinski definition) is 5. The molecular formula is C23H29F2N5O2S. The van der Waals surface area contributed by atoms with Crippen LogP contribution in [0.4, 0.5) is 8.78 Å². The van der Waals surface area contributed by atoms with Gasteiger partial charge in [0.15, 0.2) is 0 Å². The number of rotatable bonds is 6. The van der Waals surface area contributed by atoms with Gasteiger partial charge in [0.2, 0.25) is 11.8 Å². The quantitative estimate of drug-likeness (QED) is 0.590. The van der Waals surface area contributed by atoms with Crippen LogP contribution in [0.5, 0.6) is 0 Å². The first-order chi connectivity index (χ1) is 15.7. The second kappa shape index (κ2) is 8.47. The van der Waals surface area contributed by atoms with Crippen molar-refractivity contribution in [3.05, 3.63) is 33.7 Å². The molecule has 1 saturated carbocycles. The van der Waals surface area contributed by atoms with Crippen LogP contribution in [0.3, 0.4) is 0 Å². The van der Waals surface area contributed by atoms with Crippen molar-refractivity contribution in [2.45, 2.75) is 64.0 Å². The Bertz CT molecular complexity index is 1240. The van der Waals surface area contributed by atoms with Crippen molar-refractivity contribution in [1.82, 2.24) is 24.4 Å². The van der Waals surface area contributed by atoms with Crippen molar-refractivity contribution in [3.8, 4) is 0 Å². The van der Waals surface area contributed by atoms with E-state index in [0.717, 1.165) is 35.4 Å². The number of halogens is 2. The molecule has 10 heteroatoms. The average Bonchev–Trinajstić information content (AvgIpc) is 3.30. The van der Waals surface area contributed by atoms with Crippen molar-refractivity contribution in [3.63, 3.8) is 0 Å². The smallest absolute Gasteiger partial charge is 0.291 e. The molecule has 5 rings (SSSR count). The second-order valence-corrected chi connectivity index (χ2v) is 10.7. The van der Waals surface area contributed by atoms with E-state index in [2.05, 4.69) is 15.3 Å². The highest BCUT2D eigenvalue weighted by Gasteiger charge is 2.45. The van der Waals surface area contributed by atoms with Crippen molar-refractivity contribution < 1.29 is 13.6 Å². The van der Waals surface area contributed by atoms with Gasteiger partial charge >= 0.3 is 0 Å². The van der Waals surface area contributed by atoms with Gasteiger partial charge in [-0.2, -0.15) is 5.10 Å². The standard InChI is InChI=1S/C23H29F2N5O2S/c1-14(2)20-27-29(21(32)18-8-16-5-7-33-22(16)30(18)20)13-19(31)26-17-4-3-6-28(12-17)11-15-9-23(24,25)10-15/h5,7-8,14-15,17H,3-4,6,9-13H2,1-2H3,(H,26,31). The molecule has 2 fully saturated rings. The third kappa shape index (κ3) is 4.42. The third-order valence-electron chi connectivity index (χ3n) is 6.69. The molecule has 2 aliphatic rings. The molecule has 1 saturated heterocycles. The third-order valence-corrected chi connectivity index (χ3v) is 7.60. The van der Waals surface area contributed by atoms with Crippen LogP contribution in [0.1, 0.15) is 51.3 Å². The van der Waals surface area contributed by atoms with Crippen molar-refractivity contribution in [2.75, 3.05) is 19.6 Å². The summed E-state index contributed by atoms with van der Waals surface area (Å²) in [5.41, 5.74) is 0.249. The van der Waals surface area contributed by atoms with E-state index in [0.29, 0.717) is 18.6 Å². The number of alkyl halides is 2. The molecule has 1 aliphatic heterocycles. The lowest BCUT2D eigenvalue weighted by Gasteiger charge is -2.41. The predicted octanol–water partition coefficient (Wildman–Crippen LogP) is 3.46. The molecule has 7 nitrogen and oxygen atoms in total. The van der Waals surface area contributed by atoms with Crippen molar-refractivity contribution in [2.24, 2.45) is 5.92 Å². The Labute approximate surface area is 194 Å². The first-order valence-corrected chi connectivity index (χ1v) is 12.5. The number of hydrogen-bond donors (Lipinski definition) is 1. The minimum absolute atomic E-state index is 0.0345. The first kappa shape index (κ1) is 22.5. The maximum atomic E-state index is 13.1. The summed E-state index contributed by atoms with van der Waals surface area (Å²) in [7, 11) is 0. The maximum Gasteiger partial charge on any atom is 0.291 e. The normalized spacial score (nSPS) is 21.7. The van der Waals surface area contributed by atoms with Crippen molar-refractivity contribution in [1.29, 1.82) is 0 Å². The Morgan fingerprint density at radius 1 is 1.36 bits per heavy atom. The number of amides is 1. The summed E-state index contributed by atoms with van der Waals surface area (Å²) < 4.78 is 29.4. The fraction of sp³-hybridized carbons (Fsp3) is 0.609. The zero-order valence-corrected chi connectivity index (χ0v) is 19.7. The Balaban J connectivity index is 1.28. The highest BCUT2D eigenvalue weighted by atomic mass is 32.1. The molecule has 1 unspecified atom stereocenters. The summed E-state index contributed by atoms with van der Waals surface area (Å²) in [5.74, 6) is -1.89. The van der Waals surface area contributed by atoms with Gasteiger partial charge in [-0.25, -0.2) is 13.5 Å². The summed E-state index contributed by atoms with van der Waals surface area (Å²) in [4.78, 5) is 29.1. The van der Waals surface area contributed by atoms with E-state index < -0.39 is 5.92 Å². The number of aromatic nitrogens is 3. The van der Waals surface area contributed by atoms with Crippen molar-refractivity contribution >= 4 is 33.0 Å². The highest BCUT2D eigenvalue weighted by Crippen LogP contribution is 2.42. The zero-order valence-electron chi connectivity index (χ0n) is 18.9. The van der Waals surface area contributed by atoms with Crippen LogP contribution in [-0.4, -0.2) is 56.6 Å². The number of nitrogens with zero attached hydrogens (tertiary/aromatic N) is 4. The largest absolute Gasteiger partial charge is 0.350 e. The topological polar surface area (TPSA) is 71.6 Å². The molecular weight excluding hydrogens is 448 g/mol. The van der Waals surface area contributed by atoms with Gasteiger partial charge in [-0.3, -0.25) is 14.0 Å². The number of thiophene rings is 1. The van der Waals surface area contributed by atoms with Gasteiger partial charge in [0.1, 0.15) is 22.7 Å². The van der Waals surface area contributed by atoms with E-state index in [9.17, 15) is 18.4 Å². The molecule has 0 radical (unpaired) electrons. The average molecular weight is 478 g/mol. The maximum absolute atomic E-state index is 13.1. The van der Waals surface area contributed by atoms with E-state index >= 15 is 0 Å². The Morgan fingerprint density at radius 2 is 2.15 bits per heavy atom. The van der Waals surface area contributed by atoms with E-state index in [-0.39, 0.29) is 48.7 Å². The number of carbonyl (C=O) groups is 1. The van der Waals surface area contributed by atoms with Crippen LogP contribution in [0, 0.1) is 5.92 Å². The molecule has 3 aromatic rings. The Kier molecular flexibility index (Phi) is 5.76. The summed E-state index contributed by atoms with van der Waals surface area (Å²) in [6.45, 7) is 6.08. The number of likely N-dealkylation sites (tertiary alicyclic amines) is 1.